The van der Waals surface area contributed by atoms with Crippen LogP contribution in [0.3, 0.4) is 0 Å². The lowest BCUT2D eigenvalue weighted by Crippen LogP contribution is -2.45. The van der Waals surface area contributed by atoms with Gasteiger partial charge in [-0.05, 0) is 31.7 Å². The lowest BCUT2D eigenvalue weighted by Gasteiger charge is -2.36. The Morgan fingerprint density at radius 3 is 2.67 bits per heavy atom. The Bertz CT molecular complexity index is 939. The minimum Gasteiger partial charge on any atom is -0.461 e. The highest BCUT2D eigenvalue weighted by atomic mass is 16.6. The van der Waals surface area contributed by atoms with Crippen LogP contribution in [-0.4, -0.2) is 76.7 Å². The molecule has 3 aliphatic rings. The van der Waals surface area contributed by atoms with E-state index in [0.29, 0.717) is 31.5 Å². The summed E-state index contributed by atoms with van der Waals surface area (Å²) in [5.41, 5.74) is 1.21. The number of nitrogens with zero attached hydrogens (tertiary/aromatic N) is 2. The van der Waals surface area contributed by atoms with E-state index >= 15 is 0 Å². The van der Waals surface area contributed by atoms with Gasteiger partial charge in [0.05, 0.1) is 17.1 Å². The largest absolute Gasteiger partial charge is 0.461 e. The van der Waals surface area contributed by atoms with Gasteiger partial charge in [0.15, 0.2) is 0 Å². The van der Waals surface area contributed by atoms with Gasteiger partial charge in [0.1, 0.15) is 6.10 Å². The Hall–Kier alpha value is -2.38. The number of hydrogen-bond acceptors (Lipinski definition) is 5. The molecular formula is C23H29N3O4. The summed E-state index contributed by atoms with van der Waals surface area (Å²) in [5.74, 6) is -0.0687. The predicted octanol–water partition coefficient (Wildman–Crippen LogP) is 2.16. The number of cyclic esters (lactones) is 1. The summed E-state index contributed by atoms with van der Waals surface area (Å²) < 4.78 is 5.76. The smallest absolute Gasteiger partial charge is 0.312 e. The second kappa shape index (κ2) is 7.71. The third kappa shape index (κ3) is 3.50. The molecule has 0 aliphatic carbocycles. The van der Waals surface area contributed by atoms with Crippen molar-refractivity contribution in [3.05, 3.63) is 36.0 Å². The van der Waals surface area contributed by atoms with Gasteiger partial charge in [-0.3, -0.25) is 14.5 Å². The number of aliphatic hydroxyl groups is 1. The van der Waals surface area contributed by atoms with Crippen molar-refractivity contribution in [3.8, 4) is 0 Å². The first kappa shape index (κ1) is 19.6. The number of piperidine rings is 2. The van der Waals surface area contributed by atoms with Crippen molar-refractivity contribution in [2.24, 2.45) is 5.41 Å². The highest BCUT2D eigenvalue weighted by molar-refractivity contribution is 6.06. The summed E-state index contributed by atoms with van der Waals surface area (Å²) >= 11 is 0. The highest BCUT2D eigenvalue weighted by Crippen LogP contribution is 2.43. The number of amides is 1. The van der Waals surface area contributed by atoms with Crippen molar-refractivity contribution in [1.29, 1.82) is 0 Å². The summed E-state index contributed by atoms with van der Waals surface area (Å²) in [7, 11) is 0. The van der Waals surface area contributed by atoms with E-state index in [1.165, 1.54) is 0 Å². The zero-order valence-corrected chi connectivity index (χ0v) is 17.2. The second-order valence-corrected chi connectivity index (χ2v) is 9.08. The van der Waals surface area contributed by atoms with Crippen molar-refractivity contribution >= 4 is 22.8 Å². The molecule has 30 heavy (non-hydrogen) atoms. The number of carbonyl (C=O) groups is 2. The van der Waals surface area contributed by atoms with Crippen LogP contribution in [0.5, 0.6) is 0 Å². The monoisotopic (exact) mass is 411 g/mol. The molecule has 3 aliphatic heterocycles. The molecule has 3 saturated heterocycles. The summed E-state index contributed by atoms with van der Waals surface area (Å²) in [6.45, 7) is 3.62. The molecule has 3 fully saturated rings. The Morgan fingerprint density at radius 1 is 1.17 bits per heavy atom. The van der Waals surface area contributed by atoms with E-state index in [9.17, 15) is 14.7 Å². The maximum atomic E-state index is 13.1. The molecule has 1 spiro atoms. The molecule has 1 aromatic heterocycles. The lowest BCUT2D eigenvalue weighted by molar-refractivity contribution is -0.151. The molecule has 1 atom stereocenters. The fraction of sp³-hybridized carbons (Fsp3) is 0.565. The lowest BCUT2D eigenvalue weighted by atomic mass is 9.76. The van der Waals surface area contributed by atoms with Crippen molar-refractivity contribution in [2.75, 3.05) is 32.7 Å². The number of nitrogens with one attached hydrogen (secondary N) is 1. The number of hydrogen-bond donors (Lipinski definition) is 2. The quantitative estimate of drug-likeness (QED) is 0.756. The van der Waals surface area contributed by atoms with Gasteiger partial charge in [0, 0.05) is 56.2 Å². The zero-order valence-electron chi connectivity index (χ0n) is 17.2. The van der Waals surface area contributed by atoms with Crippen molar-refractivity contribution in [1.82, 2.24) is 14.8 Å². The Labute approximate surface area is 176 Å². The van der Waals surface area contributed by atoms with Gasteiger partial charge in [0.2, 0.25) is 0 Å². The zero-order chi connectivity index (χ0) is 20.7. The van der Waals surface area contributed by atoms with Crippen LogP contribution in [0, 0.1) is 5.41 Å². The van der Waals surface area contributed by atoms with Crippen LogP contribution in [0.25, 0.3) is 10.9 Å². The van der Waals surface area contributed by atoms with Crippen LogP contribution >= 0.6 is 0 Å². The van der Waals surface area contributed by atoms with E-state index in [2.05, 4.69) is 9.88 Å². The van der Waals surface area contributed by atoms with E-state index in [4.69, 9.17) is 4.74 Å². The highest BCUT2D eigenvalue weighted by Gasteiger charge is 2.51. The Balaban J connectivity index is 1.21. The molecule has 160 valence electrons. The number of aromatic amines is 1. The molecule has 1 aromatic carbocycles. The molecule has 4 heterocycles. The van der Waals surface area contributed by atoms with Gasteiger partial charge < -0.3 is 19.7 Å². The summed E-state index contributed by atoms with van der Waals surface area (Å²) in [6.07, 6.45) is 5.14. The number of fused-ring (bicyclic) bond motifs is 1. The van der Waals surface area contributed by atoms with Gasteiger partial charge in [-0.25, -0.2) is 0 Å². The number of likely N-dealkylation sites (tertiary alicyclic amines) is 2. The minimum atomic E-state index is -0.447. The molecule has 1 unspecified atom stereocenters. The van der Waals surface area contributed by atoms with Crippen LogP contribution in [0.4, 0.5) is 0 Å². The fourth-order valence-electron chi connectivity index (χ4n) is 5.29. The molecule has 0 radical (unpaired) electrons. The normalized spacial score (nSPS) is 25.2. The topological polar surface area (TPSA) is 85.9 Å². The number of esters is 1. The van der Waals surface area contributed by atoms with Crippen molar-refractivity contribution in [2.45, 2.75) is 44.3 Å². The van der Waals surface area contributed by atoms with Crippen LogP contribution in [0.15, 0.2) is 30.5 Å². The van der Waals surface area contributed by atoms with Crippen LogP contribution in [-0.2, 0) is 9.53 Å². The number of aromatic nitrogens is 1. The van der Waals surface area contributed by atoms with Crippen molar-refractivity contribution < 1.29 is 19.4 Å². The number of benzene rings is 1. The molecule has 2 aromatic rings. The third-order valence-corrected chi connectivity index (χ3v) is 7.17. The standard InChI is InChI=1S/C23H29N3O4/c27-16-5-9-25(10-6-16)15-17-13-23(22(29)30-17)7-11-26(12-8-23)21(28)19-14-24-20-4-2-1-3-18(19)20/h1-4,14,16-17,24,27H,5-13,15H2. The van der Waals surface area contributed by atoms with Gasteiger partial charge in [0.25, 0.3) is 5.91 Å². The molecule has 0 bridgehead atoms. The first-order valence-corrected chi connectivity index (χ1v) is 11.0. The van der Waals surface area contributed by atoms with Crippen LogP contribution in [0.1, 0.15) is 42.5 Å². The number of ether oxygens (including phenoxy) is 1. The minimum absolute atomic E-state index is 0.0251. The number of rotatable bonds is 3. The van der Waals surface area contributed by atoms with Gasteiger partial charge >= 0.3 is 5.97 Å². The third-order valence-electron chi connectivity index (χ3n) is 7.17. The Kier molecular flexibility index (Phi) is 5.03. The van der Waals surface area contributed by atoms with E-state index in [1.54, 1.807) is 6.20 Å². The molecule has 7 nitrogen and oxygen atoms in total. The van der Waals surface area contributed by atoms with E-state index in [0.717, 1.165) is 49.8 Å². The molecular weight excluding hydrogens is 382 g/mol. The number of H-pyrrole nitrogens is 1. The molecule has 0 saturated carbocycles. The predicted molar refractivity (Wildman–Crippen MR) is 112 cm³/mol. The van der Waals surface area contributed by atoms with E-state index in [1.807, 2.05) is 29.2 Å². The summed E-state index contributed by atoms with van der Waals surface area (Å²) in [4.78, 5) is 33.2. The summed E-state index contributed by atoms with van der Waals surface area (Å²) in [5, 5.41) is 10.6. The average molecular weight is 412 g/mol. The first-order valence-electron chi connectivity index (χ1n) is 11.0. The maximum Gasteiger partial charge on any atom is 0.312 e. The second-order valence-electron chi connectivity index (χ2n) is 9.08. The number of aliphatic hydroxyl groups excluding tert-OH is 1. The van der Waals surface area contributed by atoms with Crippen molar-refractivity contribution in [3.63, 3.8) is 0 Å². The fourth-order valence-corrected chi connectivity index (χ4v) is 5.29. The SMILES string of the molecule is O=C(c1c[nH]c2ccccc12)N1CCC2(CC1)CC(CN1CCC(O)CC1)OC2=O. The van der Waals surface area contributed by atoms with Crippen LogP contribution in [0.2, 0.25) is 0 Å². The number of para-hydroxylation sites is 1. The van der Waals surface area contributed by atoms with E-state index < -0.39 is 5.41 Å². The average Bonchev–Trinajstić information content (AvgIpc) is 3.31. The first-order chi connectivity index (χ1) is 14.5. The van der Waals surface area contributed by atoms with Gasteiger partial charge in [-0.1, -0.05) is 18.2 Å². The number of carbonyl (C=O) groups excluding carboxylic acids is 2. The van der Waals surface area contributed by atoms with Crippen LogP contribution < -0.4 is 0 Å². The van der Waals surface area contributed by atoms with Gasteiger partial charge in [-0.2, -0.15) is 0 Å². The Morgan fingerprint density at radius 2 is 1.90 bits per heavy atom. The van der Waals surface area contributed by atoms with Gasteiger partial charge in [-0.15, -0.1) is 0 Å². The summed E-state index contributed by atoms with van der Waals surface area (Å²) in [6, 6.07) is 7.82. The molecule has 2 N–H and O–H groups in total. The van der Waals surface area contributed by atoms with E-state index in [-0.39, 0.29) is 24.1 Å². The molecule has 7 heteroatoms. The maximum absolute atomic E-state index is 13.1. The molecule has 5 rings (SSSR count). The molecule has 1 amide bonds.